The molecule has 2 unspecified atom stereocenters. The van der Waals surface area contributed by atoms with Gasteiger partial charge in [-0.05, 0) is 30.0 Å². The first-order valence-corrected chi connectivity index (χ1v) is 7.82. The quantitative estimate of drug-likeness (QED) is 0.828. The highest BCUT2D eigenvalue weighted by Crippen LogP contribution is 2.16. The Hall–Kier alpha value is -1.43. The van der Waals surface area contributed by atoms with Crippen LogP contribution in [-0.4, -0.2) is 48.8 Å². The molecule has 1 saturated heterocycles. The van der Waals surface area contributed by atoms with Gasteiger partial charge in [-0.1, -0.05) is 31.2 Å². The maximum absolute atomic E-state index is 12.0. The Labute approximate surface area is 132 Å². The maximum Gasteiger partial charge on any atom is 0.234 e. The number of carbonyl (C=O) groups excluding carboxylic acids is 1. The lowest BCUT2D eigenvalue weighted by Crippen LogP contribution is -2.46. The fraction of sp³-hybridized carbons (Fsp3) is 0.588. The van der Waals surface area contributed by atoms with Crippen LogP contribution in [0.5, 0.6) is 0 Å². The molecule has 2 atom stereocenters. The van der Waals surface area contributed by atoms with Gasteiger partial charge < -0.3 is 15.2 Å². The van der Waals surface area contributed by atoms with E-state index in [2.05, 4.69) is 12.2 Å². The van der Waals surface area contributed by atoms with E-state index in [-0.39, 0.29) is 12.0 Å². The van der Waals surface area contributed by atoms with E-state index in [0.717, 1.165) is 24.1 Å². The van der Waals surface area contributed by atoms with Crippen LogP contribution in [0.15, 0.2) is 24.3 Å². The Morgan fingerprint density at radius 3 is 2.95 bits per heavy atom. The van der Waals surface area contributed by atoms with Crippen LogP contribution in [0, 0.1) is 5.92 Å². The second kappa shape index (κ2) is 8.27. The topological polar surface area (TPSA) is 61.8 Å². The number of amides is 1. The summed E-state index contributed by atoms with van der Waals surface area (Å²) in [7, 11) is 1.67. The molecule has 0 spiro atoms. The van der Waals surface area contributed by atoms with Gasteiger partial charge in [-0.2, -0.15) is 0 Å². The van der Waals surface area contributed by atoms with Gasteiger partial charge in [-0.15, -0.1) is 0 Å². The molecule has 1 aromatic rings. The number of nitrogens with zero attached hydrogens (tertiary/aromatic N) is 1. The molecule has 2 N–H and O–H groups in total. The van der Waals surface area contributed by atoms with Gasteiger partial charge in [0.25, 0.3) is 0 Å². The molecule has 122 valence electrons. The van der Waals surface area contributed by atoms with E-state index in [1.54, 1.807) is 7.11 Å². The van der Waals surface area contributed by atoms with E-state index in [0.29, 0.717) is 32.2 Å². The molecule has 1 aliphatic rings. The summed E-state index contributed by atoms with van der Waals surface area (Å²) in [5.74, 6) is 0.321. The Morgan fingerprint density at radius 1 is 1.45 bits per heavy atom. The number of piperidine rings is 1. The summed E-state index contributed by atoms with van der Waals surface area (Å²) in [6.45, 7) is 4.94. The van der Waals surface area contributed by atoms with Crippen molar-refractivity contribution in [3.05, 3.63) is 35.4 Å². The number of nitrogens with one attached hydrogen (secondary N) is 1. The highest BCUT2D eigenvalue weighted by molar-refractivity contribution is 5.78. The second-order valence-corrected chi connectivity index (χ2v) is 6.10. The van der Waals surface area contributed by atoms with Crippen molar-refractivity contribution in [2.75, 3.05) is 26.7 Å². The number of benzene rings is 1. The predicted octanol–water partition coefficient (Wildman–Crippen LogP) is 1.15. The van der Waals surface area contributed by atoms with Crippen LogP contribution in [-0.2, 0) is 22.7 Å². The van der Waals surface area contributed by atoms with E-state index in [9.17, 15) is 9.90 Å². The standard InChI is InChI=1S/C17H26N2O3/c1-13-6-7-19(10-16(13)20)11-17(21)18-9-14-4-3-5-15(8-14)12-22-2/h3-5,8,13,16,20H,6-7,9-12H2,1-2H3,(H,18,21). The molecule has 1 aliphatic heterocycles. The van der Waals surface area contributed by atoms with Crippen molar-refractivity contribution in [1.82, 2.24) is 10.2 Å². The Bertz CT molecular complexity index is 493. The van der Waals surface area contributed by atoms with Gasteiger partial charge in [0.2, 0.25) is 5.91 Å². The predicted molar refractivity (Wildman–Crippen MR) is 85.2 cm³/mol. The average molecular weight is 306 g/mol. The van der Waals surface area contributed by atoms with Crippen LogP contribution in [0.25, 0.3) is 0 Å². The fourth-order valence-corrected chi connectivity index (χ4v) is 2.71. The molecule has 5 heteroatoms. The Kier molecular flexibility index (Phi) is 6.36. The van der Waals surface area contributed by atoms with Crippen molar-refractivity contribution >= 4 is 5.91 Å². The number of aliphatic hydroxyl groups excluding tert-OH is 1. The summed E-state index contributed by atoms with van der Waals surface area (Å²) in [6, 6.07) is 8.01. The lowest BCUT2D eigenvalue weighted by molar-refractivity contribution is -0.123. The van der Waals surface area contributed by atoms with E-state index in [1.807, 2.05) is 29.2 Å². The van der Waals surface area contributed by atoms with Crippen LogP contribution >= 0.6 is 0 Å². The zero-order valence-electron chi connectivity index (χ0n) is 13.4. The van der Waals surface area contributed by atoms with Crippen molar-refractivity contribution in [3.63, 3.8) is 0 Å². The van der Waals surface area contributed by atoms with Gasteiger partial charge in [0.05, 0.1) is 19.3 Å². The van der Waals surface area contributed by atoms with Gasteiger partial charge in [-0.3, -0.25) is 9.69 Å². The smallest absolute Gasteiger partial charge is 0.234 e. The molecule has 1 heterocycles. The molecule has 22 heavy (non-hydrogen) atoms. The molecule has 1 fully saturated rings. The number of hydrogen-bond donors (Lipinski definition) is 2. The highest BCUT2D eigenvalue weighted by Gasteiger charge is 2.25. The van der Waals surface area contributed by atoms with Gasteiger partial charge in [-0.25, -0.2) is 0 Å². The third-order valence-electron chi connectivity index (χ3n) is 4.16. The number of carbonyl (C=O) groups is 1. The SMILES string of the molecule is COCc1cccc(CNC(=O)CN2CCC(C)C(O)C2)c1. The molecule has 5 nitrogen and oxygen atoms in total. The molecule has 0 radical (unpaired) electrons. The van der Waals surface area contributed by atoms with Crippen LogP contribution in [0.3, 0.4) is 0 Å². The summed E-state index contributed by atoms with van der Waals surface area (Å²) in [5, 5.41) is 12.8. The van der Waals surface area contributed by atoms with Crippen molar-refractivity contribution < 1.29 is 14.6 Å². The highest BCUT2D eigenvalue weighted by atomic mass is 16.5. The van der Waals surface area contributed by atoms with Crippen LogP contribution in [0.2, 0.25) is 0 Å². The van der Waals surface area contributed by atoms with Crippen LogP contribution in [0.1, 0.15) is 24.5 Å². The number of ether oxygens (including phenoxy) is 1. The number of rotatable bonds is 6. The molecule has 0 saturated carbocycles. The molecule has 0 bridgehead atoms. The normalized spacial score (nSPS) is 22.5. The number of aliphatic hydroxyl groups is 1. The van der Waals surface area contributed by atoms with Crippen molar-refractivity contribution in [3.8, 4) is 0 Å². The number of hydrogen-bond acceptors (Lipinski definition) is 4. The minimum Gasteiger partial charge on any atom is -0.392 e. The third kappa shape index (κ3) is 5.09. The molecule has 0 aliphatic carbocycles. The molecular weight excluding hydrogens is 280 g/mol. The number of β-amino-alcohol motifs (C(OH)–C–C–N with tert-alkyl or cyclic N) is 1. The first-order valence-electron chi connectivity index (χ1n) is 7.82. The number of methoxy groups -OCH3 is 1. The van der Waals surface area contributed by atoms with Gasteiger partial charge in [0.15, 0.2) is 0 Å². The Balaban J connectivity index is 1.77. The summed E-state index contributed by atoms with van der Waals surface area (Å²) < 4.78 is 5.11. The zero-order chi connectivity index (χ0) is 15.9. The molecular formula is C17H26N2O3. The zero-order valence-corrected chi connectivity index (χ0v) is 13.4. The number of likely N-dealkylation sites (tertiary alicyclic amines) is 1. The minimum absolute atomic E-state index is 0.00102. The molecule has 2 rings (SSSR count). The lowest BCUT2D eigenvalue weighted by atomic mass is 9.96. The van der Waals surface area contributed by atoms with Gasteiger partial charge in [0.1, 0.15) is 0 Å². The van der Waals surface area contributed by atoms with Crippen LogP contribution < -0.4 is 5.32 Å². The first-order chi connectivity index (χ1) is 10.6. The summed E-state index contributed by atoms with van der Waals surface area (Å²) >= 11 is 0. The minimum atomic E-state index is -0.327. The second-order valence-electron chi connectivity index (χ2n) is 6.10. The summed E-state index contributed by atoms with van der Waals surface area (Å²) in [5.41, 5.74) is 2.16. The van der Waals surface area contributed by atoms with Gasteiger partial charge in [0, 0.05) is 20.2 Å². The lowest BCUT2D eigenvalue weighted by Gasteiger charge is -2.33. The third-order valence-corrected chi connectivity index (χ3v) is 4.16. The van der Waals surface area contributed by atoms with E-state index >= 15 is 0 Å². The van der Waals surface area contributed by atoms with E-state index in [4.69, 9.17) is 4.74 Å². The monoisotopic (exact) mass is 306 g/mol. The summed E-state index contributed by atoms with van der Waals surface area (Å²) in [6.07, 6.45) is 0.611. The average Bonchev–Trinajstić information content (AvgIpc) is 2.50. The van der Waals surface area contributed by atoms with E-state index in [1.165, 1.54) is 0 Å². The van der Waals surface area contributed by atoms with Crippen molar-refractivity contribution in [2.24, 2.45) is 5.92 Å². The largest absolute Gasteiger partial charge is 0.392 e. The fourth-order valence-electron chi connectivity index (χ4n) is 2.71. The maximum atomic E-state index is 12.0. The van der Waals surface area contributed by atoms with Crippen LogP contribution in [0.4, 0.5) is 0 Å². The molecule has 1 amide bonds. The van der Waals surface area contributed by atoms with Crippen molar-refractivity contribution in [2.45, 2.75) is 32.6 Å². The first kappa shape index (κ1) is 16.9. The van der Waals surface area contributed by atoms with E-state index < -0.39 is 0 Å². The van der Waals surface area contributed by atoms with Gasteiger partial charge >= 0.3 is 0 Å². The molecule has 0 aromatic heterocycles. The molecule has 1 aromatic carbocycles. The van der Waals surface area contributed by atoms with Crippen molar-refractivity contribution in [1.29, 1.82) is 0 Å². The Morgan fingerprint density at radius 2 is 2.23 bits per heavy atom. The summed E-state index contributed by atoms with van der Waals surface area (Å²) in [4.78, 5) is 14.0.